The summed E-state index contributed by atoms with van der Waals surface area (Å²) in [6.07, 6.45) is 50.9. The summed E-state index contributed by atoms with van der Waals surface area (Å²) in [4.78, 5) is 37.8. The summed E-state index contributed by atoms with van der Waals surface area (Å²) in [5.74, 6) is -0.845. The van der Waals surface area contributed by atoms with E-state index in [4.69, 9.17) is 14.2 Å². The van der Waals surface area contributed by atoms with Gasteiger partial charge in [0.15, 0.2) is 6.10 Å². The standard InChI is InChI=1S/C52H100O6/c1-4-7-10-13-16-19-21-23-25-26-28-29-31-33-36-39-42-45-51(54)57-48-49(47-56-50(53)44-41-38-35-18-15-12-9-6-3)58-52(55)46-43-40-37-34-32-30-27-24-22-20-17-14-11-8-5-2/h49H,4-48H2,1-3H3. The Balaban J connectivity index is 4.22. The molecule has 0 aromatic heterocycles. The molecule has 0 saturated carbocycles. The predicted molar refractivity (Wildman–Crippen MR) is 247 cm³/mol. The number of unbranched alkanes of at least 4 members (excludes halogenated alkanes) is 37. The van der Waals surface area contributed by atoms with Gasteiger partial charge >= 0.3 is 17.9 Å². The van der Waals surface area contributed by atoms with Gasteiger partial charge in [-0.25, -0.2) is 0 Å². The van der Waals surface area contributed by atoms with Gasteiger partial charge in [-0.05, 0) is 19.3 Å². The minimum Gasteiger partial charge on any atom is -0.462 e. The number of esters is 3. The van der Waals surface area contributed by atoms with Crippen molar-refractivity contribution in [1.29, 1.82) is 0 Å². The Morgan fingerprint density at radius 2 is 0.466 bits per heavy atom. The van der Waals surface area contributed by atoms with Crippen molar-refractivity contribution in [1.82, 2.24) is 0 Å². The molecule has 6 heteroatoms. The molecule has 0 spiro atoms. The van der Waals surface area contributed by atoms with Crippen molar-refractivity contribution in [3.63, 3.8) is 0 Å². The molecule has 0 amide bonds. The van der Waals surface area contributed by atoms with E-state index in [1.807, 2.05) is 0 Å². The van der Waals surface area contributed by atoms with Crippen LogP contribution in [0.4, 0.5) is 0 Å². The van der Waals surface area contributed by atoms with Crippen LogP contribution in [0.5, 0.6) is 0 Å². The van der Waals surface area contributed by atoms with Gasteiger partial charge in [-0.1, -0.05) is 258 Å². The van der Waals surface area contributed by atoms with Crippen LogP contribution in [0.25, 0.3) is 0 Å². The molecule has 0 heterocycles. The summed E-state index contributed by atoms with van der Waals surface area (Å²) in [6, 6.07) is 0. The highest BCUT2D eigenvalue weighted by atomic mass is 16.6. The summed E-state index contributed by atoms with van der Waals surface area (Å²) in [7, 11) is 0. The molecule has 0 aromatic rings. The molecule has 58 heavy (non-hydrogen) atoms. The van der Waals surface area contributed by atoms with E-state index in [0.717, 1.165) is 57.8 Å². The normalized spacial score (nSPS) is 11.8. The van der Waals surface area contributed by atoms with Crippen molar-refractivity contribution in [2.45, 2.75) is 303 Å². The van der Waals surface area contributed by atoms with E-state index in [1.165, 1.54) is 199 Å². The summed E-state index contributed by atoms with van der Waals surface area (Å²) >= 11 is 0. The fraction of sp³-hybridized carbons (Fsp3) is 0.942. The van der Waals surface area contributed by atoms with Crippen molar-refractivity contribution in [3.05, 3.63) is 0 Å². The number of ether oxygens (including phenoxy) is 3. The number of carbonyl (C=O) groups excluding carboxylic acids is 3. The Labute approximate surface area is 361 Å². The SMILES string of the molecule is CCCCCCCCCCCCCCCCCCCC(=O)OCC(COC(=O)CCCCCCCCCC)OC(=O)CCCCCCCCCCCCCCCCC. The summed E-state index contributed by atoms with van der Waals surface area (Å²) < 4.78 is 16.8. The van der Waals surface area contributed by atoms with Gasteiger partial charge in [-0.15, -0.1) is 0 Å². The van der Waals surface area contributed by atoms with Crippen LogP contribution in [0.2, 0.25) is 0 Å². The average molecular weight is 821 g/mol. The van der Waals surface area contributed by atoms with E-state index in [2.05, 4.69) is 20.8 Å². The van der Waals surface area contributed by atoms with Gasteiger partial charge in [-0.3, -0.25) is 14.4 Å². The second kappa shape index (κ2) is 48.1. The van der Waals surface area contributed by atoms with Crippen LogP contribution in [-0.4, -0.2) is 37.2 Å². The van der Waals surface area contributed by atoms with Crippen LogP contribution < -0.4 is 0 Å². The molecule has 0 bridgehead atoms. The highest BCUT2D eigenvalue weighted by molar-refractivity contribution is 5.71. The monoisotopic (exact) mass is 821 g/mol. The molecule has 0 aromatic carbocycles. The van der Waals surface area contributed by atoms with Crippen LogP contribution in [0, 0.1) is 0 Å². The molecule has 0 N–H and O–H groups in total. The fourth-order valence-corrected chi connectivity index (χ4v) is 7.92. The average Bonchev–Trinajstić information content (AvgIpc) is 3.22. The lowest BCUT2D eigenvalue weighted by Crippen LogP contribution is -2.30. The highest BCUT2D eigenvalue weighted by Gasteiger charge is 2.19. The number of carbonyl (C=O) groups is 3. The molecule has 0 aliphatic rings. The predicted octanol–water partition coefficient (Wildman–Crippen LogP) is 16.8. The molecule has 0 aliphatic carbocycles. The van der Waals surface area contributed by atoms with Crippen molar-refractivity contribution < 1.29 is 28.6 Å². The lowest BCUT2D eigenvalue weighted by molar-refractivity contribution is -0.167. The molecule has 0 fully saturated rings. The quantitative estimate of drug-likeness (QED) is 0.0346. The van der Waals surface area contributed by atoms with Gasteiger partial charge in [0.2, 0.25) is 0 Å². The lowest BCUT2D eigenvalue weighted by atomic mass is 10.0. The van der Waals surface area contributed by atoms with Gasteiger partial charge in [0.25, 0.3) is 0 Å². The highest BCUT2D eigenvalue weighted by Crippen LogP contribution is 2.17. The van der Waals surface area contributed by atoms with Crippen LogP contribution in [0.15, 0.2) is 0 Å². The van der Waals surface area contributed by atoms with Gasteiger partial charge < -0.3 is 14.2 Å². The smallest absolute Gasteiger partial charge is 0.306 e. The molecule has 0 radical (unpaired) electrons. The maximum Gasteiger partial charge on any atom is 0.306 e. The molecule has 0 rings (SSSR count). The number of hydrogen-bond donors (Lipinski definition) is 0. The third kappa shape index (κ3) is 45.5. The van der Waals surface area contributed by atoms with Crippen LogP contribution in [0.3, 0.4) is 0 Å². The van der Waals surface area contributed by atoms with Gasteiger partial charge in [-0.2, -0.15) is 0 Å². The topological polar surface area (TPSA) is 78.9 Å². The van der Waals surface area contributed by atoms with Crippen LogP contribution in [0.1, 0.15) is 297 Å². The van der Waals surface area contributed by atoms with Gasteiger partial charge in [0, 0.05) is 19.3 Å². The van der Waals surface area contributed by atoms with E-state index in [-0.39, 0.29) is 31.1 Å². The Hall–Kier alpha value is -1.59. The Morgan fingerprint density at radius 1 is 0.276 bits per heavy atom. The summed E-state index contributed by atoms with van der Waals surface area (Å²) in [5.41, 5.74) is 0. The number of hydrogen-bond acceptors (Lipinski definition) is 6. The third-order valence-corrected chi connectivity index (χ3v) is 11.9. The molecular formula is C52H100O6. The second-order valence-electron chi connectivity index (χ2n) is 17.8. The first-order chi connectivity index (χ1) is 28.5. The first-order valence-corrected chi connectivity index (χ1v) is 26.0. The van der Waals surface area contributed by atoms with E-state index < -0.39 is 6.10 Å². The van der Waals surface area contributed by atoms with Crippen molar-refractivity contribution in [2.75, 3.05) is 13.2 Å². The Bertz CT molecular complexity index is 859. The van der Waals surface area contributed by atoms with E-state index in [1.54, 1.807) is 0 Å². The molecule has 344 valence electrons. The first-order valence-electron chi connectivity index (χ1n) is 26.0. The third-order valence-electron chi connectivity index (χ3n) is 11.9. The maximum atomic E-state index is 12.8. The molecule has 0 saturated heterocycles. The van der Waals surface area contributed by atoms with E-state index in [9.17, 15) is 14.4 Å². The lowest BCUT2D eigenvalue weighted by Gasteiger charge is -2.18. The first kappa shape index (κ1) is 56.4. The summed E-state index contributed by atoms with van der Waals surface area (Å²) in [6.45, 7) is 6.66. The van der Waals surface area contributed by atoms with E-state index >= 15 is 0 Å². The zero-order valence-electron chi connectivity index (χ0n) is 39.3. The van der Waals surface area contributed by atoms with Crippen molar-refractivity contribution in [2.24, 2.45) is 0 Å². The van der Waals surface area contributed by atoms with E-state index in [0.29, 0.717) is 19.3 Å². The largest absolute Gasteiger partial charge is 0.462 e. The Morgan fingerprint density at radius 3 is 0.690 bits per heavy atom. The number of rotatable bonds is 48. The van der Waals surface area contributed by atoms with Crippen LogP contribution >= 0.6 is 0 Å². The zero-order chi connectivity index (χ0) is 42.3. The summed E-state index contributed by atoms with van der Waals surface area (Å²) in [5, 5.41) is 0. The second-order valence-corrected chi connectivity index (χ2v) is 17.8. The molecule has 0 aliphatic heterocycles. The van der Waals surface area contributed by atoms with Crippen molar-refractivity contribution in [3.8, 4) is 0 Å². The minimum absolute atomic E-state index is 0.0621. The molecular weight excluding hydrogens is 721 g/mol. The maximum absolute atomic E-state index is 12.8. The van der Waals surface area contributed by atoms with Gasteiger partial charge in [0.1, 0.15) is 13.2 Å². The molecule has 1 unspecified atom stereocenters. The molecule has 6 nitrogen and oxygen atoms in total. The van der Waals surface area contributed by atoms with Gasteiger partial charge in [0.05, 0.1) is 0 Å². The molecule has 1 atom stereocenters. The fourth-order valence-electron chi connectivity index (χ4n) is 7.92. The Kier molecular flexibility index (Phi) is 46.8. The zero-order valence-corrected chi connectivity index (χ0v) is 39.3. The van der Waals surface area contributed by atoms with Crippen molar-refractivity contribution >= 4 is 17.9 Å². The minimum atomic E-state index is -0.758. The van der Waals surface area contributed by atoms with Crippen LogP contribution in [-0.2, 0) is 28.6 Å².